The van der Waals surface area contributed by atoms with E-state index in [1.807, 2.05) is 6.08 Å². The molecule has 5 heteroatoms. The molecule has 3 heterocycles. The average Bonchev–Trinajstić information content (AvgIpc) is 3.45. The molecule has 0 aromatic heterocycles. The predicted molar refractivity (Wildman–Crippen MR) is 99.3 cm³/mol. The second kappa shape index (κ2) is 6.45. The van der Waals surface area contributed by atoms with Crippen molar-refractivity contribution >= 4 is 5.91 Å². The van der Waals surface area contributed by atoms with Gasteiger partial charge in [0.25, 0.3) is 0 Å². The van der Waals surface area contributed by atoms with Crippen LogP contribution in [0.1, 0.15) is 51.4 Å². The van der Waals surface area contributed by atoms with E-state index >= 15 is 0 Å². The highest BCUT2D eigenvalue weighted by Crippen LogP contribution is 2.61. The molecule has 142 valence electrons. The van der Waals surface area contributed by atoms with Crippen LogP contribution in [0.15, 0.2) is 23.4 Å². The fourth-order valence-corrected chi connectivity index (χ4v) is 5.68. The summed E-state index contributed by atoms with van der Waals surface area (Å²) >= 11 is 0. The van der Waals surface area contributed by atoms with Gasteiger partial charge >= 0.3 is 0 Å². The fraction of sp³-hybridized carbons (Fsp3) is 0.762. The molecule has 5 aliphatic rings. The van der Waals surface area contributed by atoms with Crippen molar-refractivity contribution in [3.63, 3.8) is 0 Å². The first-order valence-corrected chi connectivity index (χ1v) is 10.5. The third-order valence-electron chi connectivity index (χ3n) is 7.31. The zero-order valence-electron chi connectivity index (χ0n) is 15.6. The Labute approximate surface area is 155 Å². The normalized spacial score (nSPS) is 35.1. The number of piperidine rings is 1. The largest absolute Gasteiger partial charge is 0.317 e. The van der Waals surface area contributed by atoms with Crippen molar-refractivity contribution in [2.75, 3.05) is 26.2 Å². The van der Waals surface area contributed by atoms with Gasteiger partial charge in [0, 0.05) is 37.3 Å². The summed E-state index contributed by atoms with van der Waals surface area (Å²) in [6, 6.07) is 1.00. The third kappa shape index (κ3) is 2.66. The molecule has 3 fully saturated rings. The van der Waals surface area contributed by atoms with E-state index < -0.39 is 6.17 Å². The van der Waals surface area contributed by atoms with Crippen molar-refractivity contribution in [3.05, 3.63) is 23.4 Å². The summed E-state index contributed by atoms with van der Waals surface area (Å²) < 4.78 is 13.9. The lowest BCUT2D eigenvalue weighted by atomic mass is 9.90. The molecule has 1 N–H and O–H groups in total. The fourth-order valence-electron chi connectivity index (χ4n) is 5.68. The minimum Gasteiger partial charge on any atom is -0.317 e. The number of likely N-dealkylation sites (tertiary alicyclic amines) is 1. The van der Waals surface area contributed by atoms with Crippen molar-refractivity contribution in [2.24, 2.45) is 5.41 Å². The Morgan fingerprint density at radius 1 is 1.08 bits per heavy atom. The number of hydrogen-bond acceptors (Lipinski definition) is 3. The van der Waals surface area contributed by atoms with Crippen LogP contribution in [0.4, 0.5) is 4.39 Å². The molecule has 5 rings (SSSR count). The van der Waals surface area contributed by atoms with E-state index in [-0.39, 0.29) is 11.3 Å². The molecule has 1 saturated carbocycles. The quantitative estimate of drug-likeness (QED) is 0.824. The van der Waals surface area contributed by atoms with E-state index in [2.05, 4.69) is 15.1 Å². The molecule has 1 amide bonds. The van der Waals surface area contributed by atoms with Gasteiger partial charge in [-0.05, 0) is 75.8 Å². The van der Waals surface area contributed by atoms with Crippen LogP contribution in [0.3, 0.4) is 0 Å². The van der Waals surface area contributed by atoms with Gasteiger partial charge in [-0.2, -0.15) is 0 Å². The van der Waals surface area contributed by atoms with E-state index in [1.54, 1.807) is 6.08 Å². The number of fused-ring (bicyclic) bond motifs is 1. The van der Waals surface area contributed by atoms with E-state index in [9.17, 15) is 9.18 Å². The van der Waals surface area contributed by atoms with Gasteiger partial charge in [0.05, 0.1) is 5.41 Å². The summed E-state index contributed by atoms with van der Waals surface area (Å²) in [6.07, 6.45) is 10.8. The van der Waals surface area contributed by atoms with Crippen molar-refractivity contribution in [2.45, 2.75) is 69.6 Å². The Morgan fingerprint density at radius 2 is 1.88 bits per heavy atom. The number of amides is 1. The summed E-state index contributed by atoms with van der Waals surface area (Å²) in [7, 11) is 0. The summed E-state index contributed by atoms with van der Waals surface area (Å²) in [4.78, 5) is 17.9. The molecule has 0 bridgehead atoms. The summed E-state index contributed by atoms with van der Waals surface area (Å²) in [5.74, 6) is 0.276. The van der Waals surface area contributed by atoms with Crippen LogP contribution < -0.4 is 5.32 Å². The van der Waals surface area contributed by atoms with E-state index in [1.165, 1.54) is 19.3 Å². The lowest BCUT2D eigenvalue weighted by molar-refractivity contribution is -0.134. The summed E-state index contributed by atoms with van der Waals surface area (Å²) in [6.45, 7) is 4.45. The van der Waals surface area contributed by atoms with Crippen LogP contribution in [-0.4, -0.2) is 60.1 Å². The topological polar surface area (TPSA) is 35.6 Å². The lowest BCUT2D eigenvalue weighted by Gasteiger charge is -2.41. The highest BCUT2D eigenvalue weighted by molar-refractivity contribution is 5.95. The van der Waals surface area contributed by atoms with Crippen LogP contribution in [0, 0.1) is 5.41 Å². The first-order valence-electron chi connectivity index (χ1n) is 10.5. The van der Waals surface area contributed by atoms with Gasteiger partial charge in [-0.1, -0.05) is 0 Å². The minimum atomic E-state index is -0.912. The van der Waals surface area contributed by atoms with Gasteiger partial charge in [0.15, 0.2) is 0 Å². The van der Waals surface area contributed by atoms with Gasteiger partial charge in [0.1, 0.15) is 6.17 Å². The Balaban J connectivity index is 1.29. The molecule has 0 aromatic carbocycles. The zero-order valence-corrected chi connectivity index (χ0v) is 15.6. The molecule has 26 heavy (non-hydrogen) atoms. The Morgan fingerprint density at radius 3 is 2.65 bits per heavy atom. The van der Waals surface area contributed by atoms with Crippen molar-refractivity contribution in [3.8, 4) is 0 Å². The van der Waals surface area contributed by atoms with Gasteiger partial charge in [-0.3, -0.25) is 4.79 Å². The molecular weight excluding hydrogens is 329 g/mol. The molecule has 1 spiro atoms. The van der Waals surface area contributed by atoms with E-state index in [0.717, 1.165) is 63.1 Å². The molecule has 2 atom stereocenters. The SMILES string of the molecule is O=C1N(C2CCN(C3CCCNCC3)CC2)C2=C(CC(F)C=C2)C12CC2. The maximum Gasteiger partial charge on any atom is 0.237 e. The molecular formula is C21H30FN3O. The summed E-state index contributed by atoms with van der Waals surface area (Å²) in [5.41, 5.74) is 1.85. The van der Waals surface area contributed by atoms with Crippen molar-refractivity contribution < 1.29 is 9.18 Å². The Hall–Kier alpha value is -1.20. The van der Waals surface area contributed by atoms with Crippen LogP contribution in [0.2, 0.25) is 0 Å². The molecule has 4 nitrogen and oxygen atoms in total. The second-order valence-corrected chi connectivity index (χ2v) is 8.80. The number of alkyl halides is 1. The van der Waals surface area contributed by atoms with E-state index in [4.69, 9.17) is 0 Å². The number of carbonyl (C=O) groups is 1. The standard InChI is InChI=1S/C21H30FN3O/c22-15-3-4-19-18(14-15)21(8-9-21)20(26)25(19)17-6-12-24(13-7-17)16-2-1-10-23-11-5-16/h3-4,15-17,23H,1-2,5-14H2. The first kappa shape index (κ1) is 16.9. The Bertz CT molecular complexity index is 638. The maximum atomic E-state index is 13.9. The highest BCUT2D eigenvalue weighted by atomic mass is 19.1. The van der Waals surface area contributed by atoms with Crippen LogP contribution in [-0.2, 0) is 4.79 Å². The van der Waals surface area contributed by atoms with Crippen LogP contribution in [0.5, 0.6) is 0 Å². The molecule has 0 aromatic rings. The minimum absolute atomic E-state index is 0.276. The number of halogens is 1. The second-order valence-electron chi connectivity index (χ2n) is 8.80. The smallest absolute Gasteiger partial charge is 0.237 e. The number of hydrogen-bond donors (Lipinski definition) is 1. The number of rotatable bonds is 2. The number of allylic oxidation sites excluding steroid dienone is 2. The van der Waals surface area contributed by atoms with E-state index in [0.29, 0.717) is 18.5 Å². The third-order valence-corrected chi connectivity index (χ3v) is 7.31. The average molecular weight is 359 g/mol. The molecule has 2 aliphatic carbocycles. The molecule has 2 unspecified atom stereocenters. The number of nitrogens with one attached hydrogen (secondary N) is 1. The van der Waals surface area contributed by atoms with Crippen LogP contribution in [0.25, 0.3) is 0 Å². The van der Waals surface area contributed by atoms with Gasteiger partial charge < -0.3 is 15.1 Å². The Kier molecular flexibility index (Phi) is 4.20. The molecule has 3 aliphatic heterocycles. The van der Waals surface area contributed by atoms with Crippen LogP contribution >= 0.6 is 0 Å². The number of nitrogens with zero attached hydrogens (tertiary/aromatic N) is 2. The molecule has 2 saturated heterocycles. The van der Waals surface area contributed by atoms with Gasteiger partial charge in [-0.15, -0.1) is 0 Å². The highest BCUT2D eigenvalue weighted by Gasteiger charge is 2.61. The lowest BCUT2D eigenvalue weighted by Crippen LogP contribution is -2.49. The predicted octanol–water partition coefficient (Wildman–Crippen LogP) is 2.77. The van der Waals surface area contributed by atoms with Crippen molar-refractivity contribution in [1.29, 1.82) is 0 Å². The number of carbonyl (C=O) groups excluding carboxylic acids is 1. The van der Waals surface area contributed by atoms with Crippen molar-refractivity contribution in [1.82, 2.24) is 15.1 Å². The molecule has 0 radical (unpaired) electrons. The first-order chi connectivity index (χ1) is 12.7. The zero-order chi connectivity index (χ0) is 17.7. The summed E-state index contributed by atoms with van der Waals surface area (Å²) in [5, 5.41) is 3.50. The van der Waals surface area contributed by atoms with Gasteiger partial charge in [-0.25, -0.2) is 4.39 Å². The monoisotopic (exact) mass is 359 g/mol. The van der Waals surface area contributed by atoms with Gasteiger partial charge in [0.2, 0.25) is 5.91 Å². The maximum absolute atomic E-state index is 13.9.